The number of alkyl halides is 3. The monoisotopic (exact) mass is 591 g/mol. The first-order valence-electron chi connectivity index (χ1n) is 14.2. The first-order valence-corrected chi connectivity index (χ1v) is 14.2. The van der Waals surface area contributed by atoms with Crippen molar-refractivity contribution in [2.45, 2.75) is 44.3 Å². The Bertz CT molecular complexity index is 1690. The third-order valence-electron chi connectivity index (χ3n) is 8.16. The number of aliphatic carboxylic acids is 1. The number of aromatic nitrogens is 3. The molecule has 0 unspecified atom stereocenters. The molecule has 1 saturated heterocycles. The number of benzene rings is 2. The van der Waals surface area contributed by atoms with Gasteiger partial charge < -0.3 is 19.8 Å². The lowest BCUT2D eigenvalue weighted by molar-refractivity contribution is -0.192. The van der Waals surface area contributed by atoms with E-state index < -0.39 is 12.1 Å². The van der Waals surface area contributed by atoms with E-state index in [0.29, 0.717) is 0 Å². The minimum atomic E-state index is -5.08. The van der Waals surface area contributed by atoms with Gasteiger partial charge in [0.2, 0.25) is 0 Å². The summed E-state index contributed by atoms with van der Waals surface area (Å²) in [5.74, 6) is -1.71. The van der Waals surface area contributed by atoms with Crippen molar-refractivity contribution in [3.63, 3.8) is 0 Å². The van der Waals surface area contributed by atoms with Crippen LogP contribution in [0.5, 0.6) is 5.75 Å². The Morgan fingerprint density at radius 1 is 1.00 bits per heavy atom. The van der Waals surface area contributed by atoms with Crippen molar-refractivity contribution in [1.29, 1.82) is 0 Å². The maximum Gasteiger partial charge on any atom is 0.490 e. The minimum absolute atomic E-state index is 0.167. The van der Waals surface area contributed by atoms with E-state index >= 15 is 0 Å². The number of ether oxygens (including phenoxy) is 1. The van der Waals surface area contributed by atoms with E-state index in [1.807, 2.05) is 12.4 Å². The molecule has 0 bridgehead atoms. The molecule has 8 nitrogen and oxygen atoms in total. The molecule has 0 aliphatic carbocycles. The van der Waals surface area contributed by atoms with Crippen molar-refractivity contribution < 1.29 is 27.8 Å². The number of carboxylic acids is 1. The summed E-state index contributed by atoms with van der Waals surface area (Å²) in [6, 6.07) is 21.5. The van der Waals surface area contributed by atoms with Gasteiger partial charge in [-0.15, -0.1) is 0 Å². The molecule has 0 saturated carbocycles. The largest absolute Gasteiger partial charge is 0.490 e. The number of likely N-dealkylation sites (tertiary alicyclic amines) is 1. The molecular weight excluding hydrogens is 559 g/mol. The predicted octanol–water partition coefficient (Wildman–Crippen LogP) is 6.11. The molecule has 1 fully saturated rings. The third-order valence-corrected chi connectivity index (χ3v) is 8.16. The van der Waals surface area contributed by atoms with Gasteiger partial charge in [0, 0.05) is 86.7 Å². The summed E-state index contributed by atoms with van der Waals surface area (Å²) in [6.45, 7) is 5.74. The number of nitrogens with zero attached hydrogens (tertiary/aromatic N) is 3. The van der Waals surface area contributed by atoms with Crippen molar-refractivity contribution in [3.05, 3.63) is 96.1 Å². The lowest BCUT2D eigenvalue weighted by Crippen LogP contribution is -2.53. The zero-order chi connectivity index (χ0) is 30.0. The van der Waals surface area contributed by atoms with Crippen LogP contribution in [0, 0.1) is 0 Å². The summed E-state index contributed by atoms with van der Waals surface area (Å²) >= 11 is 0. The van der Waals surface area contributed by atoms with Crippen LogP contribution < -0.4 is 4.74 Å². The third kappa shape index (κ3) is 6.52. The van der Waals surface area contributed by atoms with E-state index in [9.17, 15) is 13.2 Å². The smallest absolute Gasteiger partial charge is 0.486 e. The van der Waals surface area contributed by atoms with Crippen LogP contribution in [0.2, 0.25) is 0 Å². The van der Waals surface area contributed by atoms with Crippen LogP contribution in [0.15, 0.2) is 79.3 Å². The highest BCUT2D eigenvalue weighted by Crippen LogP contribution is 2.36. The maximum absolute atomic E-state index is 10.6. The van der Waals surface area contributed by atoms with Crippen molar-refractivity contribution in [3.8, 4) is 5.75 Å². The van der Waals surface area contributed by atoms with Crippen LogP contribution in [0.25, 0.3) is 21.8 Å². The maximum atomic E-state index is 10.6. The lowest BCUT2D eigenvalue weighted by atomic mass is 9.90. The van der Waals surface area contributed by atoms with Gasteiger partial charge in [0.15, 0.2) is 0 Å². The number of nitrogens with one attached hydrogen (secondary N) is 2. The zero-order valence-electron chi connectivity index (χ0n) is 23.4. The SMILES string of the molecule is O=C(O)C(F)(F)F.c1ccc2c(c1)CN(Cc1cc3ccccc3[nH]1)CC1(CCN(Cc3c[nH]c4cnccc34)CC1)O2. The first kappa shape index (κ1) is 28.8. The van der Waals surface area contributed by atoms with Gasteiger partial charge in [-0.3, -0.25) is 14.8 Å². The van der Waals surface area contributed by atoms with Gasteiger partial charge in [0.1, 0.15) is 11.4 Å². The molecule has 3 aromatic heterocycles. The molecule has 224 valence electrons. The Labute approximate surface area is 246 Å². The van der Waals surface area contributed by atoms with Gasteiger partial charge >= 0.3 is 12.1 Å². The van der Waals surface area contributed by atoms with Crippen molar-refractivity contribution in [2.24, 2.45) is 0 Å². The number of carboxylic acid groups (broad SMARTS) is 1. The molecule has 0 amide bonds. The Morgan fingerprint density at radius 2 is 1.74 bits per heavy atom. The first-order chi connectivity index (χ1) is 20.7. The van der Waals surface area contributed by atoms with E-state index in [1.54, 1.807) is 0 Å². The summed E-state index contributed by atoms with van der Waals surface area (Å²) in [4.78, 5) is 25.3. The molecule has 5 aromatic rings. The zero-order valence-corrected chi connectivity index (χ0v) is 23.4. The second-order valence-electron chi connectivity index (χ2n) is 11.2. The standard InChI is InChI=1S/C30H31N5O.C2HF3O2/c1-3-7-27-22(5-1)15-25(33-27)20-35-18-23-6-2-4-8-29(23)36-30(21-35)10-13-34(14-11-30)19-24-16-32-28-17-31-12-9-26(24)28;3-2(4,5)1(6)7/h1-9,12,15-17,32-33H,10-11,13-14,18-21H2;(H,6,7). The molecule has 7 rings (SSSR count). The number of pyridine rings is 1. The van der Waals surface area contributed by atoms with Crippen LogP contribution in [0.4, 0.5) is 13.2 Å². The average molecular weight is 592 g/mol. The summed E-state index contributed by atoms with van der Waals surface area (Å²) in [7, 11) is 0. The average Bonchev–Trinajstić information content (AvgIpc) is 3.54. The van der Waals surface area contributed by atoms with Gasteiger partial charge in [-0.05, 0) is 35.2 Å². The van der Waals surface area contributed by atoms with Gasteiger partial charge in [0.25, 0.3) is 0 Å². The van der Waals surface area contributed by atoms with E-state index in [2.05, 4.69) is 91.6 Å². The fraction of sp³-hybridized carbons (Fsp3) is 0.312. The molecule has 43 heavy (non-hydrogen) atoms. The highest BCUT2D eigenvalue weighted by molar-refractivity contribution is 5.82. The fourth-order valence-corrected chi connectivity index (χ4v) is 6.06. The van der Waals surface area contributed by atoms with Crippen molar-refractivity contribution in [2.75, 3.05) is 19.6 Å². The number of aromatic amines is 2. The van der Waals surface area contributed by atoms with E-state index in [0.717, 1.165) is 63.4 Å². The Balaban J connectivity index is 0.000000423. The lowest BCUT2D eigenvalue weighted by Gasteiger charge is -2.43. The second-order valence-corrected chi connectivity index (χ2v) is 11.2. The summed E-state index contributed by atoms with van der Waals surface area (Å²) in [5, 5.41) is 9.67. The van der Waals surface area contributed by atoms with Crippen molar-refractivity contribution in [1.82, 2.24) is 24.8 Å². The Kier molecular flexibility index (Phi) is 7.85. The topological polar surface area (TPSA) is 97.5 Å². The molecule has 0 radical (unpaired) electrons. The number of para-hydroxylation sites is 2. The molecule has 2 aliphatic rings. The Hall–Kier alpha value is -4.35. The molecule has 11 heteroatoms. The highest BCUT2D eigenvalue weighted by atomic mass is 19.4. The van der Waals surface area contributed by atoms with Crippen molar-refractivity contribution >= 4 is 27.8 Å². The molecule has 2 aromatic carbocycles. The number of halogens is 3. The summed E-state index contributed by atoms with van der Waals surface area (Å²) < 4.78 is 38.6. The molecule has 2 aliphatic heterocycles. The van der Waals surface area contributed by atoms with Crippen LogP contribution in [0.1, 0.15) is 29.7 Å². The van der Waals surface area contributed by atoms with Gasteiger partial charge in [-0.25, -0.2) is 4.79 Å². The number of hydrogen-bond acceptors (Lipinski definition) is 5. The van der Waals surface area contributed by atoms with Gasteiger partial charge in [-0.2, -0.15) is 13.2 Å². The number of fused-ring (bicyclic) bond motifs is 3. The predicted molar refractivity (Wildman–Crippen MR) is 157 cm³/mol. The number of rotatable bonds is 4. The van der Waals surface area contributed by atoms with E-state index in [-0.39, 0.29) is 5.60 Å². The number of carbonyl (C=O) groups is 1. The minimum Gasteiger partial charge on any atom is -0.486 e. The summed E-state index contributed by atoms with van der Waals surface area (Å²) in [6.07, 6.45) is 2.88. The quantitative estimate of drug-likeness (QED) is 0.234. The van der Waals surface area contributed by atoms with Gasteiger partial charge in [-0.1, -0.05) is 36.4 Å². The van der Waals surface area contributed by atoms with Crippen LogP contribution >= 0.6 is 0 Å². The number of hydrogen-bond donors (Lipinski definition) is 3. The molecule has 3 N–H and O–H groups in total. The van der Waals surface area contributed by atoms with Crippen LogP contribution in [0.3, 0.4) is 0 Å². The molecule has 5 heterocycles. The number of piperidine rings is 1. The van der Waals surface area contributed by atoms with E-state index in [4.69, 9.17) is 14.6 Å². The van der Waals surface area contributed by atoms with Crippen LogP contribution in [-0.2, 0) is 24.4 Å². The molecule has 1 spiro atoms. The molecular formula is C32H32F3N5O3. The highest BCUT2D eigenvalue weighted by Gasteiger charge is 2.41. The van der Waals surface area contributed by atoms with Gasteiger partial charge in [0.05, 0.1) is 11.7 Å². The second kappa shape index (κ2) is 11.7. The Morgan fingerprint density at radius 3 is 2.51 bits per heavy atom. The normalized spacial score (nSPS) is 17.2. The molecule has 0 atom stereocenters. The summed E-state index contributed by atoms with van der Waals surface area (Å²) in [5.41, 5.74) is 6.03. The number of H-pyrrole nitrogens is 2. The fourth-order valence-electron chi connectivity index (χ4n) is 6.06. The van der Waals surface area contributed by atoms with Crippen LogP contribution in [-0.4, -0.2) is 67.2 Å². The van der Waals surface area contributed by atoms with E-state index in [1.165, 1.54) is 33.1 Å².